The molecule has 2 rings (SSSR count). The minimum atomic E-state index is -0.725. The van der Waals surface area contributed by atoms with Gasteiger partial charge in [0.05, 0.1) is 7.11 Å². The van der Waals surface area contributed by atoms with Crippen molar-refractivity contribution in [1.82, 2.24) is 9.88 Å². The zero-order chi connectivity index (χ0) is 14.5. The number of aliphatic hydroxyl groups is 1. The number of aryl methyl sites for hydroxylation is 1. The van der Waals surface area contributed by atoms with Gasteiger partial charge in [-0.25, -0.2) is 0 Å². The lowest BCUT2D eigenvalue weighted by atomic mass is 10.2. The van der Waals surface area contributed by atoms with Crippen LogP contribution in [0.15, 0.2) is 42.6 Å². The number of aromatic nitrogens is 1. The second kappa shape index (κ2) is 6.25. The number of hydrogen-bond acceptors (Lipinski definition) is 3. The Morgan fingerprint density at radius 1 is 1.35 bits per heavy atom. The molecule has 0 aliphatic heterocycles. The number of nitrogens with one attached hydrogen (secondary N) is 1. The van der Waals surface area contributed by atoms with Crippen LogP contribution in [0, 0.1) is 0 Å². The van der Waals surface area contributed by atoms with Gasteiger partial charge in [-0.15, -0.1) is 0 Å². The number of carbonyl (C=O) groups excluding carboxylic acids is 1. The SMILES string of the molecule is COc1ccc(C(=O)NCC(O)c2cccn2C)cc1. The summed E-state index contributed by atoms with van der Waals surface area (Å²) in [5.41, 5.74) is 1.30. The minimum Gasteiger partial charge on any atom is -0.497 e. The van der Waals surface area contributed by atoms with E-state index in [2.05, 4.69) is 5.32 Å². The Morgan fingerprint density at radius 3 is 2.60 bits per heavy atom. The van der Waals surface area contributed by atoms with E-state index >= 15 is 0 Å². The first-order valence-corrected chi connectivity index (χ1v) is 6.33. The fourth-order valence-corrected chi connectivity index (χ4v) is 1.96. The quantitative estimate of drug-likeness (QED) is 0.868. The first-order chi connectivity index (χ1) is 9.61. The van der Waals surface area contributed by atoms with Crippen molar-refractivity contribution in [2.45, 2.75) is 6.10 Å². The van der Waals surface area contributed by atoms with Crippen LogP contribution in [0.4, 0.5) is 0 Å². The van der Waals surface area contributed by atoms with Crippen LogP contribution in [0.25, 0.3) is 0 Å². The van der Waals surface area contributed by atoms with Gasteiger partial charge in [0, 0.05) is 31.0 Å². The fraction of sp³-hybridized carbons (Fsp3) is 0.267. The third-order valence-corrected chi connectivity index (χ3v) is 3.13. The molecule has 1 heterocycles. The van der Waals surface area contributed by atoms with E-state index in [1.54, 1.807) is 31.4 Å². The van der Waals surface area contributed by atoms with Crippen molar-refractivity contribution in [3.63, 3.8) is 0 Å². The third kappa shape index (κ3) is 3.19. The van der Waals surface area contributed by atoms with Crippen molar-refractivity contribution >= 4 is 5.91 Å². The largest absolute Gasteiger partial charge is 0.497 e. The van der Waals surface area contributed by atoms with Crippen molar-refractivity contribution in [2.24, 2.45) is 7.05 Å². The Morgan fingerprint density at radius 2 is 2.05 bits per heavy atom. The molecule has 5 nitrogen and oxygen atoms in total. The molecule has 1 unspecified atom stereocenters. The first kappa shape index (κ1) is 14.1. The third-order valence-electron chi connectivity index (χ3n) is 3.13. The van der Waals surface area contributed by atoms with E-state index in [0.29, 0.717) is 11.3 Å². The molecule has 0 saturated carbocycles. The summed E-state index contributed by atoms with van der Waals surface area (Å²) >= 11 is 0. The number of hydrogen-bond donors (Lipinski definition) is 2. The zero-order valence-electron chi connectivity index (χ0n) is 11.5. The number of amides is 1. The average molecular weight is 274 g/mol. The van der Waals surface area contributed by atoms with Crippen LogP contribution in [-0.4, -0.2) is 29.2 Å². The molecular weight excluding hydrogens is 256 g/mol. The molecule has 1 atom stereocenters. The molecule has 2 aromatic rings. The minimum absolute atomic E-state index is 0.169. The Balaban J connectivity index is 1.93. The maximum atomic E-state index is 11.9. The Hall–Kier alpha value is -2.27. The number of nitrogens with zero attached hydrogens (tertiary/aromatic N) is 1. The summed E-state index contributed by atoms with van der Waals surface area (Å²) in [6, 6.07) is 10.5. The van der Waals surface area contributed by atoms with Crippen LogP contribution in [0.5, 0.6) is 5.75 Å². The monoisotopic (exact) mass is 274 g/mol. The van der Waals surface area contributed by atoms with Gasteiger partial charge in [0.25, 0.3) is 5.91 Å². The van der Waals surface area contributed by atoms with Crippen molar-refractivity contribution in [2.75, 3.05) is 13.7 Å². The van der Waals surface area contributed by atoms with Gasteiger partial charge in [-0.3, -0.25) is 4.79 Å². The van der Waals surface area contributed by atoms with Crippen molar-refractivity contribution < 1.29 is 14.6 Å². The topological polar surface area (TPSA) is 63.5 Å². The Labute approximate surface area is 117 Å². The lowest BCUT2D eigenvalue weighted by Gasteiger charge is -2.13. The molecule has 106 valence electrons. The van der Waals surface area contributed by atoms with Gasteiger partial charge in [0.2, 0.25) is 0 Å². The molecule has 0 radical (unpaired) electrons. The number of methoxy groups -OCH3 is 1. The number of rotatable bonds is 5. The molecule has 0 saturated heterocycles. The molecule has 1 aromatic carbocycles. The molecule has 5 heteroatoms. The zero-order valence-corrected chi connectivity index (χ0v) is 11.5. The Bertz CT molecular complexity index is 575. The number of benzene rings is 1. The Kier molecular flexibility index (Phi) is 4.42. The van der Waals surface area contributed by atoms with Gasteiger partial charge < -0.3 is 19.7 Å². The van der Waals surface area contributed by atoms with Gasteiger partial charge in [-0.05, 0) is 36.4 Å². The summed E-state index contributed by atoms with van der Waals surface area (Å²) in [6.45, 7) is 0.169. The highest BCUT2D eigenvalue weighted by Crippen LogP contribution is 2.13. The smallest absolute Gasteiger partial charge is 0.251 e. The molecule has 0 aliphatic rings. The molecule has 2 N–H and O–H groups in total. The predicted octanol–water partition coefficient (Wildman–Crippen LogP) is 1.50. The highest BCUT2D eigenvalue weighted by molar-refractivity contribution is 5.94. The van der Waals surface area contributed by atoms with Crippen LogP contribution in [0.2, 0.25) is 0 Å². The molecule has 1 amide bonds. The molecule has 0 spiro atoms. The maximum Gasteiger partial charge on any atom is 0.251 e. The van der Waals surface area contributed by atoms with Gasteiger partial charge in [0.1, 0.15) is 11.9 Å². The van der Waals surface area contributed by atoms with Crippen molar-refractivity contribution in [3.8, 4) is 5.75 Å². The van der Waals surface area contributed by atoms with Crippen LogP contribution < -0.4 is 10.1 Å². The molecule has 1 aromatic heterocycles. The van der Waals surface area contributed by atoms with E-state index in [0.717, 1.165) is 5.69 Å². The van der Waals surface area contributed by atoms with Crippen LogP contribution in [0.1, 0.15) is 22.2 Å². The number of carbonyl (C=O) groups is 1. The standard InChI is InChI=1S/C15H18N2O3/c1-17-9-3-4-13(17)14(18)10-16-15(19)11-5-7-12(20-2)8-6-11/h3-9,14,18H,10H2,1-2H3,(H,16,19). The van der Waals surface area contributed by atoms with E-state index in [4.69, 9.17) is 4.74 Å². The van der Waals surface area contributed by atoms with Gasteiger partial charge >= 0.3 is 0 Å². The predicted molar refractivity (Wildman–Crippen MR) is 75.7 cm³/mol. The van der Waals surface area contributed by atoms with E-state index < -0.39 is 6.10 Å². The lowest BCUT2D eigenvalue weighted by molar-refractivity contribution is 0.0912. The molecule has 0 aliphatic carbocycles. The lowest BCUT2D eigenvalue weighted by Crippen LogP contribution is -2.29. The highest BCUT2D eigenvalue weighted by Gasteiger charge is 2.12. The van der Waals surface area contributed by atoms with E-state index in [-0.39, 0.29) is 12.5 Å². The van der Waals surface area contributed by atoms with Crippen molar-refractivity contribution in [1.29, 1.82) is 0 Å². The summed E-state index contributed by atoms with van der Waals surface area (Å²) in [5, 5.41) is 12.7. The molecule has 0 fully saturated rings. The number of ether oxygens (including phenoxy) is 1. The van der Waals surface area contributed by atoms with E-state index in [1.165, 1.54) is 0 Å². The summed E-state index contributed by atoms with van der Waals surface area (Å²) in [7, 11) is 3.43. The summed E-state index contributed by atoms with van der Waals surface area (Å²) in [5.74, 6) is 0.478. The maximum absolute atomic E-state index is 11.9. The van der Waals surface area contributed by atoms with Gasteiger partial charge in [-0.2, -0.15) is 0 Å². The second-order valence-corrected chi connectivity index (χ2v) is 4.50. The van der Waals surface area contributed by atoms with E-state index in [9.17, 15) is 9.90 Å². The number of aliphatic hydroxyl groups excluding tert-OH is 1. The molecule has 0 bridgehead atoms. The van der Waals surface area contributed by atoms with Gasteiger partial charge in [0.15, 0.2) is 0 Å². The van der Waals surface area contributed by atoms with E-state index in [1.807, 2.05) is 29.9 Å². The molecular formula is C15H18N2O3. The van der Waals surface area contributed by atoms with Crippen molar-refractivity contribution in [3.05, 3.63) is 53.9 Å². The van der Waals surface area contributed by atoms with Crippen LogP contribution in [0.3, 0.4) is 0 Å². The first-order valence-electron chi connectivity index (χ1n) is 6.33. The highest BCUT2D eigenvalue weighted by atomic mass is 16.5. The average Bonchev–Trinajstić information content (AvgIpc) is 2.90. The molecule has 20 heavy (non-hydrogen) atoms. The second-order valence-electron chi connectivity index (χ2n) is 4.50. The normalized spacial score (nSPS) is 11.9. The van der Waals surface area contributed by atoms with Crippen LogP contribution in [-0.2, 0) is 7.05 Å². The summed E-state index contributed by atoms with van der Waals surface area (Å²) < 4.78 is 6.86. The summed E-state index contributed by atoms with van der Waals surface area (Å²) in [4.78, 5) is 11.9. The fourth-order valence-electron chi connectivity index (χ4n) is 1.96. The van der Waals surface area contributed by atoms with Crippen LogP contribution >= 0.6 is 0 Å². The summed E-state index contributed by atoms with van der Waals surface area (Å²) in [6.07, 6.45) is 1.13. The van der Waals surface area contributed by atoms with Gasteiger partial charge in [-0.1, -0.05) is 0 Å².